The Morgan fingerprint density at radius 3 is 2.26 bits per heavy atom. The Balaban J connectivity index is 1.62. The van der Waals surface area contributed by atoms with Crippen molar-refractivity contribution in [1.82, 2.24) is 19.7 Å². The molecule has 0 N–H and O–H groups in total. The number of hydroxylamine groups is 2. The number of amides is 2. The number of imide groups is 1. The number of pyridine rings is 1. The van der Waals surface area contributed by atoms with E-state index in [2.05, 4.69) is 10.1 Å². The van der Waals surface area contributed by atoms with Gasteiger partial charge >= 0.3 is 5.97 Å². The number of benzene rings is 1. The van der Waals surface area contributed by atoms with E-state index in [0.29, 0.717) is 10.7 Å². The minimum atomic E-state index is -0.983. The van der Waals surface area contributed by atoms with Gasteiger partial charge in [0.25, 0.3) is 17.6 Å². The number of hydrogen-bond donors (Lipinski definition) is 0. The van der Waals surface area contributed by atoms with Crippen molar-refractivity contribution in [3.05, 3.63) is 65.6 Å². The third kappa shape index (κ3) is 1.96. The van der Waals surface area contributed by atoms with E-state index in [1.807, 2.05) is 0 Å². The van der Waals surface area contributed by atoms with Gasteiger partial charge in [-0.1, -0.05) is 23.3 Å². The molecule has 0 radical (unpaired) electrons. The number of rotatable bonds is 2. The Bertz CT molecular complexity index is 910. The standard InChI is InChI=1S/C15H8N4O4/c20-13-9-5-1-2-6-10(9)14(21)19(13)23-15(22)12-16-11-7-3-4-8-18(11)17-12/h1-8H. The molecule has 0 saturated carbocycles. The molecule has 8 heteroatoms. The summed E-state index contributed by atoms with van der Waals surface area (Å²) in [6.45, 7) is 0. The molecule has 0 atom stereocenters. The molecule has 23 heavy (non-hydrogen) atoms. The lowest BCUT2D eigenvalue weighted by Gasteiger charge is -2.10. The molecule has 2 aromatic heterocycles. The Labute approximate surface area is 128 Å². The first-order valence-electron chi connectivity index (χ1n) is 6.66. The molecule has 1 aromatic carbocycles. The van der Waals surface area contributed by atoms with Gasteiger partial charge in [-0.05, 0) is 24.3 Å². The maximum absolute atomic E-state index is 12.1. The van der Waals surface area contributed by atoms with Gasteiger partial charge in [0.1, 0.15) is 0 Å². The summed E-state index contributed by atoms with van der Waals surface area (Å²) in [7, 11) is 0. The zero-order chi connectivity index (χ0) is 16.0. The monoisotopic (exact) mass is 308 g/mol. The predicted octanol–water partition coefficient (Wildman–Crippen LogP) is 1.10. The van der Waals surface area contributed by atoms with Crippen LogP contribution >= 0.6 is 0 Å². The van der Waals surface area contributed by atoms with Crippen LogP contribution in [0.5, 0.6) is 0 Å². The number of carbonyl (C=O) groups is 3. The maximum atomic E-state index is 12.1. The molecule has 0 aliphatic carbocycles. The lowest BCUT2D eigenvalue weighted by Crippen LogP contribution is -2.33. The van der Waals surface area contributed by atoms with E-state index in [1.165, 1.54) is 16.6 Å². The topological polar surface area (TPSA) is 93.9 Å². The summed E-state index contributed by atoms with van der Waals surface area (Å²) in [6.07, 6.45) is 1.61. The first-order valence-corrected chi connectivity index (χ1v) is 6.66. The van der Waals surface area contributed by atoms with Gasteiger partial charge in [-0.25, -0.2) is 14.3 Å². The second-order valence-electron chi connectivity index (χ2n) is 4.77. The molecule has 3 heterocycles. The van der Waals surface area contributed by atoms with Crippen LogP contribution in [0.4, 0.5) is 0 Å². The molecule has 0 unspecified atom stereocenters. The number of aromatic nitrogens is 3. The highest BCUT2D eigenvalue weighted by atomic mass is 16.7. The van der Waals surface area contributed by atoms with Crippen molar-refractivity contribution in [2.75, 3.05) is 0 Å². The van der Waals surface area contributed by atoms with Crippen LogP contribution in [0.3, 0.4) is 0 Å². The van der Waals surface area contributed by atoms with Crippen LogP contribution in [0.25, 0.3) is 5.65 Å². The van der Waals surface area contributed by atoms with E-state index in [4.69, 9.17) is 4.84 Å². The van der Waals surface area contributed by atoms with Crippen LogP contribution in [0.1, 0.15) is 31.3 Å². The largest absolute Gasteiger partial charge is 0.403 e. The fourth-order valence-corrected chi connectivity index (χ4v) is 2.29. The number of nitrogens with zero attached hydrogens (tertiary/aromatic N) is 4. The summed E-state index contributed by atoms with van der Waals surface area (Å²) in [5.74, 6) is -2.61. The van der Waals surface area contributed by atoms with Crippen molar-refractivity contribution >= 4 is 23.4 Å². The minimum absolute atomic E-state index is 0.188. The molecular weight excluding hydrogens is 300 g/mol. The van der Waals surface area contributed by atoms with E-state index < -0.39 is 17.8 Å². The summed E-state index contributed by atoms with van der Waals surface area (Å²) < 4.78 is 1.39. The van der Waals surface area contributed by atoms with Crippen molar-refractivity contribution in [2.45, 2.75) is 0 Å². The molecule has 2 amide bonds. The molecule has 0 spiro atoms. The summed E-state index contributed by atoms with van der Waals surface area (Å²) in [4.78, 5) is 45.2. The lowest BCUT2D eigenvalue weighted by atomic mass is 10.1. The molecule has 3 aromatic rings. The van der Waals surface area contributed by atoms with E-state index in [0.717, 1.165) is 0 Å². The molecule has 4 rings (SSSR count). The average molecular weight is 308 g/mol. The van der Waals surface area contributed by atoms with Crippen LogP contribution in [0.15, 0.2) is 48.7 Å². The third-order valence-corrected chi connectivity index (χ3v) is 3.35. The summed E-state index contributed by atoms with van der Waals surface area (Å²) in [6, 6.07) is 11.4. The second kappa shape index (κ2) is 4.73. The van der Waals surface area contributed by atoms with Crippen molar-refractivity contribution in [2.24, 2.45) is 0 Å². The van der Waals surface area contributed by atoms with Gasteiger partial charge in [-0.3, -0.25) is 9.59 Å². The molecule has 112 valence electrons. The van der Waals surface area contributed by atoms with Crippen LogP contribution in [-0.2, 0) is 4.84 Å². The van der Waals surface area contributed by atoms with Gasteiger partial charge < -0.3 is 4.84 Å². The van der Waals surface area contributed by atoms with Crippen LogP contribution in [-0.4, -0.2) is 37.4 Å². The lowest BCUT2D eigenvalue weighted by molar-refractivity contribution is -0.0592. The highest BCUT2D eigenvalue weighted by molar-refractivity contribution is 6.21. The number of carbonyl (C=O) groups excluding carboxylic acids is 3. The molecule has 0 fully saturated rings. The smallest absolute Gasteiger partial charge is 0.321 e. The Morgan fingerprint density at radius 2 is 1.61 bits per heavy atom. The van der Waals surface area contributed by atoms with Crippen LogP contribution in [0.2, 0.25) is 0 Å². The van der Waals surface area contributed by atoms with Gasteiger partial charge in [-0.15, -0.1) is 5.10 Å². The predicted molar refractivity (Wildman–Crippen MR) is 75.3 cm³/mol. The van der Waals surface area contributed by atoms with Crippen LogP contribution < -0.4 is 0 Å². The van der Waals surface area contributed by atoms with Crippen molar-refractivity contribution in [3.63, 3.8) is 0 Å². The van der Waals surface area contributed by atoms with Crippen molar-refractivity contribution < 1.29 is 19.2 Å². The fraction of sp³-hybridized carbons (Fsp3) is 0. The molecule has 0 saturated heterocycles. The van der Waals surface area contributed by atoms with E-state index in [1.54, 1.807) is 36.5 Å². The molecule has 0 bridgehead atoms. The fourth-order valence-electron chi connectivity index (χ4n) is 2.29. The quantitative estimate of drug-likeness (QED) is 0.658. The zero-order valence-corrected chi connectivity index (χ0v) is 11.5. The van der Waals surface area contributed by atoms with Crippen molar-refractivity contribution in [3.8, 4) is 0 Å². The van der Waals surface area contributed by atoms with Gasteiger partial charge in [0, 0.05) is 6.20 Å². The molecule has 8 nitrogen and oxygen atoms in total. The van der Waals surface area contributed by atoms with Crippen molar-refractivity contribution in [1.29, 1.82) is 0 Å². The normalized spacial score (nSPS) is 13.5. The Kier molecular flexibility index (Phi) is 2.70. The summed E-state index contributed by atoms with van der Waals surface area (Å²) in [5.41, 5.74) is 0.823. The SMILES string of the molecule is O=C(ON1C(=O)c2ccccc2C1=O)c1nc2ccccn2n1. The highest BCUT2D eigenvalue weighted by Gasteiger charge is 2.39. The Hall–Kier alpha value is -3.55. The zero-order valence-electron chi connectivity index (χ0n) is 11.5. The number of fused-ring (bicyclic) bond motifs is 2. The third-order valence-electron chi connectivity index (χ3n) is 3.35. The summed E-state index contributed by atoms with van der Waals surface area (Å²) >= 11 is 0. The summed E-state index contributed by atoms with van der Waals surface area (Å²) in [5, 5.41) is 4.36. The number of hydrogen-bond acceptors (Lipinski definition) is 6. The van der Waals surface area contributed by atoms with Gasteiger partial charge in [0.15, 0.2) is 5.65 Å². The van der Waals surface area contributed by atoms with E-state index >= 15 is 0 Å². The molecule has 1 aliphatic heterocycles. The molecule has 1 aliphatic rings. The van der Waals surface area contributed by atoms with Gasteiger partial charge in [0.2, 0.25) is 0 Å². The molecular formula is C15H8N4O4. The first kappa shape index (κ1) is 13.1. The highest BCUT2D eigenvalue weighted by Crippen LogP contribution is 2.23. The maximum Gasteiger partial charge on any atom is 0.403 e. The minimum Gasteiger partial charge on any atom is -0.321 e. The van der Waals surface area contributed by atoms with Crippen LogP contribution in [0, 0.1) is 0 Å². The second-order valence-corrected chi connectivity index (χ2v) is 4.77. The van der Waals surface area contributed by atoms with Gasteiger partial charge in [0.05, 0.1) is 11.1 Å². The Morgan fingerprint density at radius 1 is 0.957 bits per heavy atom. The average Bonchev–Trinajstić information content (AvgIpc) is 3.11. The van der Waals surface area contributed by atoms with Gasteiger partial charge in [-0.2, -0.15) is 0 Å². The van der Waals surface area contributed by atoms with E-state index in [9.17, 15) is 14.4 Å². The van der Waals surface area contributed by atoms with E-state index in [-0.39, 0.29) is 17.0 Å². The first-order chi connectivity index (χ1) is 11.1.